The number of benzene rings is 2. The summed E-state index contributed by atoms with van der Waals surface area (Å²) in [5.74, 6) is 0.345. The number of aromatic nitrogens is 6. The Bertz CT molecular complexity index is 1950. The van der Waals surface area contributed by atoms with Crippen LogP contribution in [0.25, 0.3) is 22.5 Å². The van der Waals surface area contributed by atoms with Crippen LogP contribution in [0.4, 0.5) is 40.8 Å². The Kier molecular flexibility index (Phi) is 10.8. The van der Waals surface area contributed by atoms with E-state index in [9.17, 15) is 17.6 Å². The highest BCUT2D eigenvalue weighted by Crippen LogP contribution is 2.30. The van der Waals surface area contributed by atoms with Gasteiger partial charge in [-0.2, -0.15) is 17.6 Å². The fourth-order valence-electron chi connectivity index (χ4n) is 4.23. The van der Waals surface area contributed by atoms with Gasteiger partial charge in [0, 0.05) is 65.6 Å². The fourth-order valence-corrected chi connectivity index (χ4v) is 4.23. The Labute approximate surface area is 273 Å². The fraction of sp³-hybridized carbons (Fsp3) is 0.118. The molecule has 0 saturated heterocycles. The molecule has 48 heavy (non-hydrogen) atoms. The van der Waals surface area contributed by atoms with Crippen LogP contribution in [0.5, 0.6) is 5.75 Å². The van der Waals surface area contributed by atoms with Crippen LogP contribution in [-0.4, -0.2) is 42.4 Å². The van der Waals surface area contributed by atoms with Crippen molar-refractivity contribution in [2.75, 3.05) is 10.6 Å². The number of hydrogen-bond donors (Lipinski definition) is 3. The zero-order valence-electron chi connectivity index (χ0n) is 25.4. The number of alkyl halides is 4. The van der Waals surface area contributed by atoms with E-state index in [4.69, 9.17) is 5.73 Å². The van der Waals surface area contributed by atoms with Crippen LogP contribution in [0.1, 0.15) is 11.4 Å². The van der Waals surface area contributed by atoms with Crippen molar-refractivity contribution in [3.8, 4) is 28.3 Å². The van der Waals surface area contributed by atoms with Crippen LogP contribution in [0, 0.1) is 6.92 Å². The minimum absolute atomic E-state index is 0.182. The first-order chi connectivity index (χ1) is 23.2. The average molecular weight is 656 g/mol. The SMILES string of the molecule is Cc1cc(-c2ccnc(Nc3ccccc3)n2)ccn1.NCc1cc(-c2ccnc(Nc3cccc(OC(F)(F)C(F)F)c3)n2)ccn1. The summed E-state index contributed by atoms with van der Waals surface area (Å²) in [7, 11) is 0. The van der Waals surface area contributed by atoms with Gasteiger partial charge in [-0.05, 0) is 67.6 Å². The monoisotopic (exact) mass is 655 g/mol. The third-order valence-electron chi connectivity index (χ3n) is 6.45. The van der Waals surface area contributed by atoms with Crippen LogP contribution in [0.15, 0.2) is 116 Å². The Morgan fingerprint density at radius 2 is 1.27 bits per heavy atom. The van der Waals surface area contributed by atoms with E-state index in [1.807, 2.05) is 55.5 Å². The maximum absolute atomic E-state index is 13.1. The number of para-hydroxylation sites is 1. The summed E-state index contributed by atoms with van der Waals surface area (Å²) in [6.45, 7) is 2.24. The molecule has 6 aromatic rings. The van der Waals surface area contributed by atoms with Crippen molar-refractivity contribution >= 4 is 23.3 Å². The van der Waals surface area contributed by atoms with E-state index >= 15 is 0 Å². The average Bonchev–Trinajstić information content (AvgIpc) is 3.09. The van der Waals surface area contributed by atoms with Crippen LogP contribution >= 0.6 is 0 Å². The lowest BCUT2D eigenvalue weighted by Crippen LogP contribution is -2.33. The third kappa shape index (κ3) is 9.26. The first-order valence-corrected chi connectivity index (χ1v) is 14.5. The lowest BCUT2D eigenvalue weighted by atomic mass is 10.1. The molecule has 2 aromatic carbocycles. The maximum atomic E-state index is 13.1. The number of rotatable bonds is 10. The summed E-state index contributed by atoms with van der Waals surface area (Å²) in [5.41, 5.74) is 11.8. The molecular weight excluding hydrogens is 626 g/mol. The van der Waals surface area contributed by atoms with Crippen molar-refractivity contribution in [1.82, 2.24) is 29.9 Å². The molecule has 4 heterocycles. The molecule has 6 rings (SSSR count). The van der Waals surface area contributed by atoms with Crippen molar-refractivity contribution < 1.29 is 22.3 Å². The van der Waals surface area contributed by atoms with Gasteiger partial charge in [-0.3, -0.25) is 9.97 Å². The number of aryl methyl sites for hydroxylation is 1. The Morgan fingerprint density at radius 1 is 0.688 bits per heavy atom. The summed E-state index contributed by atoms with van der Waals surface area (Å²) < 4.78 is 54.8. The van der Waals surface area contributed by atoms with E-state index in [-0.39, 0.29) is 18.2 Å². The minimum atomic E-state index is -4.59. The van der Waals surface area contributed by atoms with Gasteiger partial charge in [0.1, 0.15) is 5.75 Å². The second kappa shape index (κ2) is 15.5. The molecule has 0 saturated carbocycles. The number of nitrogens with one attached hydrogen (secondary N) is 2. The Morgan fingerprint density at radius 3 is 1.90 bits per heavy atom. The molecule has 0 fully saturated rings. The quantitative estimate of drug-likeness (QED) is 0.127. The number of halogens is 4. The summed E-state index contributed by atoms with van der Waals surface area (Å²) in [6.07, 6.45) is -1.87. The maximum Gasteiger partial charge on any atom is 0.461 e. The third-order valence-corrected chi connectivity index (χ3v) is 6.45. The minimum Gasteiger partial charge on any atom is -0.428 e. The summed E-state index contributed by atoms with van der Waals surface area (Å²) in [6, 6.07) is 26.1. The van der Waals surface area contributed by atoms with Crippen molar-refractivity contribution in [2.24, 2.45) is 5.73 Å². The topological polar surface area (TPSA) is 137 Å². The molecule has 0 unspecified atom stereocenters. The Balaban J connectivity index is 0.000000198. The predicted molar refractivity (Wildman–Crippen MR) is 174 cm³/mol. The van der Waals surface area contributed by atoms with E-state index in [1.165, 1.54) is 18.3 Å². The number of ether oxygens (including phenoxy) is 1. The van der Waals surface area contributed by atoms with Gasteiger partial charge in [-0.25, -0.2) is 19.9 Å². The van der Waals surface area contributed by atoms with Crippen molar-refractivity contribution in [3.05, 3.63) is 127 Å². The molecule has 4 N–H and O–H groups in total. The smallest absolute Gasteiger partial charge is 0.428 e. The van der Waals surface area contributed by atoms with E-state index in [0.717, 1.165) is 40.3 Å². The van der Waals surface area contributed by atoms with Gasteiger partial charge in [0.15, 0.2) is 0 Å². The van der Waals surface area contributed by atoms with E-state index < -0.39 is 18.3 Å². The first kappa shape index (κ1) is 33.3. The lowest BCUT2D eigenvalue weighted by molar-refractivity contribution is -0.253. The molecule has 244 valence electrons. The van der Waals surface area contributed by atoms with E-state index in [0.29, 0.717) is 17.3 Å². The van der Waals surface area contributed by atoms with Gasteiger partial charge in [0.05, 0.1) is 17.1 Å². The lowest BCUT2D eigenvalue weighted by Gasteiger charge is -2.17. The van der Waals surface area contributed by atoms with Crippen molar-refractivity contribution in [2.45, 2.75) is 26.0 Å². The molecule has 0 aliphatic rings. The molecule has 14 heteroatoms. The molecule has 0 amide bonds. The number of nitrogens with zero attached hydrogens (tertiary/aromatic N) is 6. The van der Waals surface area contributed by atoms with Gasteiger partial charge < -0.3 is 21.1 Å². The highest BCUT2D eigenvalue weighted by molar-refractivity contribution is 5.63. The summed E-state index contributed by atoms with van der Waals surface area (Å²) in [5, 5.41) is 6.01. The second-order valence-corrected chi connectivity index (χ2v) is 10.1. The van der Waals surface area contributed by atoms with Gasteiger partial charge in [-0.1, -0.05) is 24.3 Å². The van der Waals surface area contributed by atoms with Crippen LogP contribution in [0.2, 0.25) is 0 Å². The highest BCUT2D eigenvalue weighted by atomic mass is 19.3. The van der Waals surface area contributed by atoms with Gasteiger partial charge in [-0.15, -0.1) is 0 Å². The number of anilines is 4. The standard InChI is InChI=1S/C18H15F4N5O.C16H14N4/c19-16(20)18(21,22)28-14-3-1-2-12(9-14)26-17-25-7-5-15(27-17)11-4-6-24-13(8-11)10-23;1-12-11-13(7-9-17-12)15-8-10-18-16(20-15)19-14-5-3-2-4-6-14/h1-9,16H,10,23H2,(H,25,26,27);2-11H,1H3,(H,18,19,20). The Hall–Kier alpha value is -6.02. The predicted octanol–water partition coefficient (Wildman–Crippen LogP) is 7.57. The van der Waals surface area contributed by atoms with Crippen LogP contribution < -0.4 is 21.1 Å². The van der Waals surface area contributed by atoms with E-state index in [1.54, 1.807) is 36.8 Å². The van der Waals surface area contributed by atoms with Crippen LogP contribution in [-0.2, 0) is 6.54 Å². The summed E-state index contributed by atoms with van der Waals surface area (Å²) >= 11 is 0. The van der Waals surface area contributed by atoms with Gasteiger partial charge in [0.2, 0.25) is 11.9 Å². The van der Waals surface area contributed by atoms with Crippen molar-refractivity contribution in [1.29, 1.82) is 0 Å². The highest BCUT2D eigenvalue weighted by Gasteiger charge is 2.44. The zero-order chi connectivity index (χ0) is 33.9. The molecular formula is C34H29F4N9O. The largest absolute Gasteiger partial charge is 0.461 e. The molecule has 0 spiro atoms. The number of pyridine rings is 2. The number of hydrogen-bond acceptors (Lipinski definition) is 10. The second-order valence-electron chi connectivity index (χ2n) is 10.1. The van der Waals surface area contributed by atoms with Crippen molar-refractivity contribution in [3.63, 3.8) is 0 Å². The van der Waals surface area contributed by atoms with Crippen LogP contribution in [0.3, 0.4) is 0 Å². The zero-order valence-corrected chi connectivity index (χ0v) is 25.4. The number of nitrogens with two attached hydrogens (primary N) is 1. The molecule has 0 aliphatic heterocycles. The first-order valence-electron chi connectivity index (χ1n) is 14.5. The van der Waals surface area contributed by atoms with E-state index in [2.05, 4.69) is 45.3 Å². The molecule has 0 atom stereocenters. The summed E-state index contributed by atoms with van der Waals surface area (Å²) in [4.78, 5) is 25.5. The van der Waals surface area contributed by atoms with Gasteiger partial charge >= 0.3 is 12.5 Å². The molecule has 0 aliphatic carbocycles. The molecule has 4 aromatic heterocycles. The van der Waals surface area contributed by atoms with Gasteiger partial charge in [0.25, 0.3) is 0 Å². The molecule has 0 bridgehead atoms. The normalized spacial score (nSPS) is 11.0. The molecule has 0 radical (unpaired) electrons. The molecule has 10 nitrogen and oxygen atoms in total.